The molecule has 0 spiro atoms. The molecule has 10 rings (SSSR count). The van der Waals surface area contributed by atoms with Crippen LogP contribution in [-0.4, -0.2) is 15.0 Å². The van der Waals surface area contributed by atoms with Crippen LogP contribution in [0.4, 0.5) is 0 Å². The maximum Gasteiger partial charge on any atom is 0.178 e. The largest absolute Gasteiger partial charge is 0.449 e. The maximum atomic E-state index is 6.72. The van der Waals surface area contributed by atoms with Gasteiger partial charge >= 0.3 is 0 Å². The number of pyridine rings is 1. The number of benzene rings is 6. The Balaban J connectivity index is 0.995. The van der Waals surface area contributed by atoms with E-state index < -0.39 is 0 Å². The molecule has 5 heteroatoms. The van der Waals surface area contributed by atoms with E-state index >= 15 is 0 Å². The molecule has 0 saturated heterocycles. The average molecular weight is 684 g/mol. The first-order valence-corrected chi connectivity index (χ1v) is 17.8. The van der Waals surface area contributed by atoms with Crippen molar-refractivity contribution in [2.75, 3.05) is 0 Å². The molecular weight excluding hydrogens is 651 g/mol. The first-order chi connectivity index (χ1) is 26.0. The monoisotopic (exact) mass is 683 g/mol. The van der Waals surface area contributed by atoms with Crippen molar-refractivity contribution in [3.8, 4) is 90.4 Å². The Morgan fingerprint density at radius 2 is 1.11 bits per heavy atom. The maximum absolute atomic E-state index is 6.72. The first-order valence-electron chi connectivity index (χ1n) is 17.8. The molecule has 0 saturated carbocycles. The highest BCUT2D eigenvalue weighted by atomic mass is 16.6. The fourth-order valence-electron chi connectivity index (χ4n) is 7.67. The molecular formula is C48H33N3O2. The Bertz CT molecular complexity index is 2690. The van der Waals surface area contributed by atoms with Crippen LogP contribution in [0.25, 0.3) is 67.4 Å². The van der Waals surface area contributed by atoms with E-state index in [9.17, 15) is 0 Å². The third-order valence-corrected chi connectivity index (χ3v) is 10.4. The summed E-state index contributed by atoms with van der Waals surface area (Å²) in [6.45, 7) is 4.54. The van der Waals surface area contributed by atoms with Gasteiger partial charge in [-0.05, 0) is 70.3 Å². The van der Waals surface area contributed by atoms with Gasteiger partial charge in [-0.2, -0.15) is 0 Å². The van der Waals surface area contributed by atoms with E-state index in [4.69, 9.17) is 19.4 Å². The topological polar surface area (TPSA) is 57.1 Å². The van der Waals surface area contributed by atoms with Gasteiger partial charge in [0.15, 0.2) is 28.8 Å². The van der Waals surface area contributed by atoms with Gasteiger partial charge in [-0.3, -0.25) is 4.98 Å². The van der Waals surface area contributed by atoms with Crippen molar-refractivity contribution in [3.63, 3.8) is 0 Å². The molecule has 1 aliphatic carbocycles. The lowest BCUT2D eigenvalue weighted by Gasteiger charge is -2.25. The Kier molecular flexibility index (Phi) is 7.08. The number of nitrogens with zero attached hydrogens (tertiary/aromatic N) is 3. The van der Waals surface area contributed by atoms with Crippen molar-refractivity contribution in [3.05, 3.63) is 175 Å². The summed E-state index contributed by atoms with van der Waals surface area (Å²) in [5.74, 6) is 3.58. The van der Waals surface area contributed by atoms with Crippen LogP contribution in [0.1, 0.15) is 25.0 Å². The molecule has 6 aromatic carbocycles. The van der Waals surface area contributed by atoms with Crippen LogP contribution in [0.3, 0.4) is 0 Å². The summed E-state index contributed by atoms with van der Waals surface area (Å²) in [6, 6.07) is 54.0. The molecule has 1 aliphatic heterocycles. The van der Waals surface area contributed by atoms with Gasteiger partial charge in [0, 0.05) is 39.4 Å². The minimum atomic E-state index is -0.122. The standard InChI is InChI=1S/C48H33N3O2/c1-48(2)37-16-7-6-15-36(37)45-38(48)23-25-43-46(45)53-44-28-33(22-24-42(44)52-43)30-18-20-32(21-19-30)47-50-40(31-11-4-3-5-12-31)29-41(51-47)35-14-10-13-34(27-35)39-17-8-9-26-49-39/h3-29H,1-2H3. The van der Waals surface area contributed by atoms with E-state index in [-0.39, 0.29) is 5.41 Å². The summed E-state index contributed by atoms with van der Waals surface area (Å²) in [5.41, 5.74) is 13.5. The predicted octanol–water partition coefficient (Wildman–Crippen LogP) is 12.4. The second-order valence-corrected chi connectivity index (χ2v) is 14.1. The zero-order valence-corrected chi connectivity index (χ0v) is 29.2. The van der Waals surface area contributed by atoms with Crippen LogP contribution in [0, 0.1) is 0 Å². The molecule has 2 aromatic heterocycles. The van der Waals surface area contributed by atoms with E-state index in [1.165, 1.54) is 16.7 Å². The minimum absolute atomic E-state index is 0.122. The second kappa shape index (κ2) is 12.1. The molecule has 0 atom stereocenters. The smallest absolute Gasteiger partial charge is 0.178 e. The molecule has 5 nitrogen and oxygen atoms in total. The molecule has 2 aliphatic rings. The van der Waals surface area contributed by atoms with Gasteiger partial charge in [0.25, 0.3) is 0 Å². The van der Waals surface area contributed by atoms with Crippen LogP contribution in [0.2, 0.25) is 0 Å². The number of hydrogen-bond donors (Lipinski definition) is 0. The number of ether oxygens (including phenoxy) is 2. The normalized spacial score (nSPS) is 13.2. The van der Waals surface area contributed by atoms with Crippen molar-refractivity contribution in [2.45, 2.75) is 19.3 Å². The van der Waals surface area contributed by atoms with Crippen LogP contribution >= 0.6 is 0 Å². The summed E-state index contributed by atoms with van der Waals surface area (Å²) < 4.78 is 13.2. The van der Waals surface area contributed by atoms with E-state index in [0.717, 1.165) is 67.5 Å². The van der Waals surface area contributed by atoms with Gasteiger partial charge in [0.2, 0.25) is 0 Å². The molecule has 252 valence electrons. The lowest BCUT2D eigenvalue weighted by Crippen LogP contribution is -2.15. The van der Waals surface area contributed by atoms with Gasteiger partial charge in [-0.25, -0.2) is 9.97 Å². The Labute approximate surface area is 308 Å². The Hall–Kier alpha value is -6.85. The zero-order valence-electron chi connectivity index (χ0n) is 29.2. The third-order valence-electron chi connectivity index (χ3n) is 10.4. The van der Waals surface area contributed by atoms with E-state index in [0.29, 0.717) is 17.3 Å². The molecule has 0 amide bonds. The van der Waals surface area contributed by atoms with Crippen molar-refractivity contribution < 1.29 is 9.47 Å². The summed E-state index contributed by atoms with van der Waals surface area (Å²) >= 11 is 0. The SMILES string of the molecule is CC1(C)c2ccccc2-c2c1ccc1c2Oc2cc(-c3ccc(-c4nc(-c5ccccc5)cc(-c5cccc(-c6ccccn6)c5)n4)cc3)ccc2O1. The molecule has 0 bridgehead atoms. The fourth-order valence-corrected chi connectivity index (χ4v) is 7.67. The van der Waals surface area contributed by atoms with Gasteiger partial charge in [-0.1, -0.05) is 129 Å². The van der Waals surface area contributed by atoms with Crippen molar-refractivity contribution >= 4 is 0 Å². The third kappa shape index (κ3) is 5.28. The average Bonchev–Trinajstić information content (AvgIpc) is 3.46. The molecule has 8 aromatic rings. The molecule has 0 fully saturated rings. The van der Waals surface area contributed by atoms with Crippen molar-refractivity contribution in [1.29, 1.82) is 0 Å². The number of fused-ring (bicyclic) bond motifs is 6. The molecule has 53 heavy (non-hydrogen) atoms. The molecule has 0 radical (unpaired) electrons. The lowest BCUT2D eigenvalue weighted by molar-refractivity contribution is 0.360. The summed E-state index contributed by atoms with van der Waals surface area (Å²) in [7, 11) is 0. The number of aromatic nitrogens is 3. The second-order valence-electron chi connectivity index (χ2n) is 14.1. The molecule has 0 N–H and O–H groups in total. The fraction of sp³-hybridized carbons (Fsp3) is 0.0625. The van der Waals surface area contributed by atoms with Gasteiger partial charge in [0.05, 0.1) is 17.1 Å². The lowest BCUT2D eigenvalue weighted by atomic mass is 9.82. The van der Waals surface area contributed by atoms with Crippen LogP contribution in [0.15, 0.2) is 164 Å². The molecule has 3 heterocycles. The zero-order chi connectivity index (χ0) is 35.5. The quantitative estimate of drug-likeness (QED) is 0.181. The summed E-state index contributed by atoms with van der Waals surface area (Å²) in [4.78, 5) is 14.7. The highest BCUT2D eigenvalue weighted by Gasteiger charge is 2.39. The Morgan fingerprint density at radius 1 is 0.434 bits per heavy atom. The van der Waals surface area contributed by atoms with Gasteiger partial charge in [0.1, 0.15) is 0 Å². The minimum Gasteiger partial charge on any atom is -0.449 e. The van der Waals surface area contributed by atoms with Crippen molar-refractivity contribution in [1.82, 2.24) is 15.0 Å². The van der Waals surface area contributed by atoms with Crippen LogP contribution in [0.5, 0.6) is 23.0 Å². The van der Waals surface area contributed by atoms with E-state index in [2.05, 4.69) is 128 Å². The molecule has 0 unspecified atom stereocenters. The Morgan fingerprint density at radius 3 is 1.92 bits per heavy atom. The van der Waals surface area contributed by atoms with Crippen LogP contribution in [-0.2, 0) is 5.41 Å². The number of rotatable bonds is 5. The van der Waals surface area contributed by atoms with E-state index in [1.54, 1.807) is 0 Å². The van der Waals surface area contributed by atoms with Gasteiger partial charge < -0.3 is 9.47 Å². The predicted molar refractivity (Wildman–Crippen MR) is 211 cm³/mol. The highest BCUT2D eigenvalue weighted by Crippen LogP contribution is 2.58. The van der Waals surface area contributed by atoms with Crippen LogP contribution < -0.4 is 9.47 Å². The van der Waals surface area contributed by atoms with Gasteiger partial charge in [-0.15, -0.1) is 0 Å². The van der Waals surface area contributed by atoms with Crippen molar-refractivity contribution in [2.24, 2.45) is 0 Å². The highest BCUT2D eigenvalue weighted by molar-refractivity contribution is 5.88. The first kappa shape index (κ1) is 30.9. The summed E-state index contributed by atoms with van der Waals surface area (Å²) in [6.07, 6.45) is 1.82. The number of hydrogen-bond acceptors (Lipinski definition) is 5. The summed E-state index contributed by atoms with van der Waals surface area (Å²) in [5, 5.41) is 0. The van der Waals surface area contributed by atoms with E-state index in [1.807, 2.05) is 54.7 Å².